The van der Waals surface area contributed by atoms with Crippen molar-refractivity contribution in [1.82, 2.24) is 4.98 Å². The van der Waals surface area contributed by atoms with E-state index in [9.17, 15) is 14.7 Å². The van der Waals surface area contributed by atoms with Gasteiger partial charge in [0, 0.05) is 4.88 Å². The Bertz CT molecular complexity index is 1080. The molecule has 1 aromatic carbocycles. The number of ketones is 1. The van der Waals surface area contributed by atoms with Crippen molar-refractivity contribution in [3.8, 4) is 0 Å². The molecule has 1 amide bonds. The van der Waals surface area contributed by atoms with Crippen molar-refractivity contribution >= 4 is 39.5 Å². The summed E-state index contributed by atoms with van der Waals surface area (Å²) in [5, 5.41) is 12.9. The lowest BCUT2D eigenvalue weighted by atomic mass is 9.95. The van der Waals surface area contributed by atoms with Crippen LogP contribution in [-0.4, -0.2) is 21.8 Å². The van der Waals surface area contributed by atoms with E-state index >= 15 is 0 Å². The van der Waals surface area contributed by atoms with Crippen LogP contribution >= 0.6 is 22.7 Å². The van der Waals surface area contributed by atoms with Crippen LogP contribution < -0.4 is 4.90 Å². The maximum Gasteiger partial charge on any atom is 0.296 e. The van der Waals surface area contributed by atoms with E-state index in [1.165, 1.54) is 27.6 Å². The number of thiazole rings is 1. The van der Waals surface area contributed by atoms with Gasteiger partial charge >= 0.3 is 0 Å². The number of Topliss-reactive ketones (excluding diaryl/α,β-unsaturated/α-hetero) is 1. The van der Waals surface area contributed by atoms with Gasteiger partial charge in [0.2, 0.25) is 5.78 Å². The first-order valence-electron chi connectivity index (χ1n) is 8.74. The number of nitrogens with zero attached hydrogens (tertiary/aromatic N) is 2. The Balaban J connectivity index is 1.89. The molecule has 2 aromatic heterocycles. The molecule has 0 aliphatic carbocycles. The number of hydrogen-bond donors (Lipinski definition) is 1. The standard InChI is InChI=1S/C21H18N2O3S2/c1-11-6-8-14(9-7-11)17-16(18(24)15-5-4-10-27-15)19(25)20(26)23(17)21-22-12(2)13(3)28-21/h4-10,17,25H,1-3H3. The summed E-state index contributed by atoms with van der Waals surface area (Å²) >= 11 is 2.66. The summed E-state index contributed by atoms with van der Waals surface area (Å²) in [4.78, 5) is 33.6. The first-order chi connectivity index (χ1) is 13.4. The summed E-state index contributed by atoms with van der Waals surface area (Å²) in [6.45, 7) is 5.78. The molecule has 28 heavy (non-hydrogen) atoms. The fraction of sp³-hybridized carbons (Fsp3) is 0.190. The zero-order valence-electron chi connectivity index (χ0n) is 15.6. The summed E-state index contributed by atoms with van der Waals surface area (Å²) in [6.07, 6.45) is 0. The minimum atomic E-state index is -0.715. The van der Waals surface area contributed by atoms with Crippen molar-refractivity contribution in [2.24, 2.45) is 0 Å². The molecular formula is C21H18N2O3S2. The Morgan fingerprint density at radius 1 is 1.14 bits per heavy atom. The van der Waals surface area contributed by atoms with Gasteiger partial charge < -0.3 is 5.11 Å². The summed E-state index contributed by atoms with van der Waals surface area (Å²) < 4.78 is 0. The Labute approximate surface area is 170 Å². The van der Waals surface area contributed by atoms with E-state index in [2.05, 4.69) is 4.98 Å². The summed E-state index contributed by atoms with van der Waals surface area (Å²) in [7, 11) is 0. The number of amides is 1. The van der Waals surface area contributed by atoms with Gasteiger partial charge in [-0.25, -0.2) is 4.98 Å². The predicted octanol–water partition coefficient (Wildman–Crippen LogP) is 4.91. The third-order valence-electron chi connectivity index (χ3n) is 4.81. The molecule has 1 aliphatic rings. The number of benzene rings is 1. The molecule has 1 unspecified atom stereocenters. The van der Waals surface area contributed by atoms with Crippen molar-refractivity contribution in [1.29, 1.82) is 0 Å². The van der Waals surface area contributed by atoms with Crippen LogP contribution in [0.3, 0.4) is 0 Å². The van der Waals surface area contributed by atoms with Gasteiger partial charge in [-0.1, -0.05) is 35.9 Å². The van der Waals surface area contributed by atoms with Crippen LogP contribution in [-0.2, 0) is 4.79 Å². The number of hydrogen-bond acceptors (Lipinski definition) is 6. The van der Waals surface area contributed by atoms with Gasteiger partial charge in [0.05, 0.1) is 22.2 Å². The topological polar surface area (TPSA) is 70.5 Å². The number of anilines is 1. The number of thiophene rings is 1. The Morgan fingerprint density at radius 2 is 1.86 bits per heavy atom. The van der Waals surface area contributed by atoms with Crippen molar-refractivity contribution in [3.63, 3.8) is 0 Å². The van der Waals surface area contributed by atoms with Crippen LogP contribution in [0.15, 0.2) is 53.1 Å². The Hall–Kier alpha value is -2.77. The fourth-order valence-corrected chi connectivity index (χ4v) is 4.81. The van der Waals surface area contributed by atoms with Crippen molar-refractivity contribution < 1.29 is 14.7 Å². The lowest BCUT2D eigenvalue weighted by molar-refractivity contribution is -0.117. The van der Waals surface area contributed by atoms with Crippen LogP contribution in [0.4, 0.5) is 5.13 Å². The van der Waals surface area contributed by atoms with Crippen LogP contribution in [0.1, 0.15) is 37.4 Å². The number of aliphatic hydroxyl groups excluding tert-OH is 1. The smallest absolute Gasteiger partial charge is 0.296 e. The number of carbonyl (C=O) groups excluding carboxylic acids is 2. The molecule has 5 nitrogen and oxygen atoms in total. The van der Waals surface area contributed by atoms with E-state index in [0.29, 0.717) is 10.0 Å². The highest BCUT2D eigenvalue weighted by molar-refractivity contribution is 7.16. The molecule has 1 aliphatic heterocycles. The quantitative estimate of drug-likeness (QED) is 0.620. The average molecular weight is 411 g/mol. The van der Waals surface area contributed by atoms with Crippen LogP contribution in [0.2, 0.25) is 0 Å². The van der Waals surface area contributed by atoms with E-state index in [1.54, 1.807) is 17.5 Å². The second kappa shape index (κ2) is 7.00. The first-order valence-corrected chi connectivity index (χ1v) is 10.4. The molecule has 3 aromatic rings. The Kier molecular flexibility index (Phi) is 4.64. The van der Waals surface area contributed by atoms with Crippen LogP contribution in [0.5, 0.6) is 0 Å². The molecule has 3 heterocycles. The maximum absolute atomic E-state index is 13.2. The highest BCUT2D eigenvalue weighted by Gasteiger charge is 2.46. The molecule has 1 N–H and O–H groups in total. The number of carbonyl (C=O) groups is 2. The minimum absolute atomic E-state index is 0.0989. The van der Waals surface area contributed by atoms with Gasteiger partial charge in [0.15, 0.2) is 10.9 Å². The van der Waals surface area contributed by atoms with Gasteiger partial charge in [0.25, 0.3) is 5.91 Å². The SMILES string of the molecule is Cc1ccc(C2C(C(=O)c3cccs3)=C(O)C(=O)N2c2nc(C)c(C)s2)cc1. The molecule has 1 atom stereocenters. The average Bonchev–Trinajstić information content (AvgIpc) is 3.37. The monoisotopic (exact) mass is 410 g/mol. The molecule has 0 spiro atoms. The highest BCUT2D eigenvalue weighted by Crippen LogP contribution is 2.43. The number of aromatic nitrogens is 1. The van der Waals surface area contributed by atoms with Crippen LogP contribution in [0.25, 0.3) is 0 Å². The first kappa shape index (κ1) is 18.6. The molecule has 0 saturated heterocycles. The number of aliphatic hydroxyl groups is 1. The van der Waals surface area contributed by atoms with E-state index in [4.69, 9.17) is 0 Å². The molecule has 0 saturated carbocycles. The molecule has 7 heteroatoms. The Morgan fingerprint density at radius 3 is 2.43 bits per heavy atom. The second-order valence-corrected chi connectivity index (χ2v) is 8.82. The third-order valence-corrected chi connectivity index (χ3v) is 6.75. The maximum atomic E-state index is 13.2. The predicted molar refractivity (Wildman–Crippen MR) is 111 cm³/mol. The second-order valence-electron chi connectivity index (χ2n) is 6.70. The van der Waals surface area contributed by atoms with Crippen molar-refractivity contribution in [2.45, 2.75) is 26.8 Å². The normalized spacial score (nSPS) is 16.9. The molecule has 142 valence electrons. The van der Waals surface area contributed by atoms with Gasteiger partial charge in [0.1, 0.15) is 0 Å². The van der Waals surface area contributed by atoms with Gasteiger partial charge in [-0.05, 0) is 37.8 Å². The van der Waals surface area contributed by atoms with E-state index < -0.39 is 17.7 Å². The van der Waals surface area contributed by atoms with Crippen LogP contribution in [0, 0.1) is 20.8 Å². The molecular weight excluding hydrogens is 392 g/mol. The molecule has 0 bridgehead atoms. The van der Waals surface area contributed by atoms with E-state index in [-0.39, 0.29) is 11.4 Å². The fourth-order valence-electron chi connectivity index (χ4n) is 3.20. The summed E-state index contributed by atoms with van der Waals surface area (Å²) in [5.74, 6) is -1.44. The third kappa shape index (κ3) is 2.96. The largest absolute Gasteiger partial charge is 0.503 e. The van der Waals surface area contributed by atoms with Gasteiger partial charge in [-0.2, -0.15) is 0 Å². The molecule has 0 fully saturated rings. The van der Waals surface area contributed by atoms with E-state index in [0.717, 1.165) is 21.7 Å². The van der Waals surface area contributed by atoms with Crippen molar-refractivity contribution in [2.75, 3.05) is 4.90 Å². The lowest BCUT2D eigenvalue weighted by Gasteiger charge is -2.24. The van der Waals surface area contributed by atoms with Crippen molar-refractivity contribution in [3.05, 3.63) is 79.7 Å². The summed E-state index contributed by atoms with van der Waals surface area (Å²) in [5.41, 5.74) is 2.75. The highest BCUT2D eigenvalue weighted by atomic mass is 32.1. The zero-order valence-corrected chi connectivity index (χ0v) is 17.2. The number of rotatable bonds is 4. The zero-order chi connectivity index (χ0) is 20.0. The number of aryl methyl sites for hydroxylation is 3. The molecule has 0 radical (unpaired) electrons. The summed E-state index contributed by atoms with van der Waals surface area (Å²) in [6, 6.07) is 10.4. The lowest BCUT2D eigenvalue weighted by Crippen LogP contribution is -2.31. The van der Waals surface area contributed by atoms with Gasteiger partial charge in [-0.3, -0.25) is 14.5 Å². The van der Waals surface area contributed by atoms with Gasteiger partial charge in [-0.15, -0.1) is 22.7 Å². The van der Waals surface area contributed by atoms with E-state index in [1.807, 2.05) is 45.0 Å². The molecule has 4 rings (SSSR count). The minimum Gasteiger partial charge on any atom is -0.503 e.